The SMILES string of the molecule is Cc1csc(N2CCCN(C(=O)[C@@H]3C[C@@H]3c3ccccc3)CC2)n1. The number of rotatable bonds is 3. The fourth-order valence-corrected chi connectivity index (χ4v) is 4.44. The van der Waals surface area contributed by atoms with Crippen molar-refractivity contribution in [2.45, 2.75) is 25.7 Å². The first kappa shape index (κ1) is 15.6. The summed E-state index contributed by atoms with van der Waals surface area (Å²) in [7, 11) is 0. The lowest BCUT2D eigenvalue weighted by Gasteiger charge is -2.22. The van der Waals surface area contributed by atoms with Crippen molar-refractivity contribution >= 4 is 22.4 Å². The number of thiazole rings is 1. The van der Waals surface area contributed by atoms with Crippen LogP contribution < -0.4 is 4.90 Å². The molecule has 1 aromatic heterocycles. The molecule has 2 heterocycles. The lowest BCUT2D eigenvalue weighted by molar-refractivity contribution is -0.132. The number of hydrogen-bond acceptors (Lipinski definition) is 4. The monoisotopic (exact) mass is 341 g/mol. The highest BCUT2D eigenvalue weighted by Crippen LogP contribution is 2.48. The number of nitrogens with zero attached hydrogens (tertiary/aromatic N) is 3. The van der Waals surface area contributed by atoms with Crippen molar-refractivity contribution in [3.8, 4) is 0 Å². The third-order valence-electron chi connectivity index (χ3n) is 5.02. The van der Waals surface area contributed by atoms with Gasteiger partial charge in [-0.15, -0.1) is 11.3 Å². The van der Waals surface area contributed by atoms with Gasteiger partial charge in [-0.25, -0.2) is 4.98 Å². The van der Waals surface area contributed by atoms with Gasteiger partial charge < -0.3 is 9.80 Å². The molecule has 0 N–H and O–H groups in total. The van der Waals surface area contributed by atoms with Crippen LogP contribution in [0.4, 0.5) is 5.13 Å². The van der Waals surface area contributed by atoms with Crippen LogP contribution in [-0.4, -0.2) is 42.0 Å². The summed E-state index contributed by atoms with van der Waals surface area (Å²) >= 11 is 1.70. The van der Waals surface area contributed by atoms with Crippen LogP contribution >= 0.6 is 11.3 Å². The predicted octanol–water partition coefficient (Wildman–Crippen LogP) is 3.29. The van der Waals surface area contributed by atoms with Gasteiger partial charge in [-0.05, 0) is 31.2 Å². The van der Waals surface area contributed by atoms with Crippen LogP contribution in [0.2, 0.25) is 0 Å². The van der Waals surface area contributed by atoms with E-state index in [4.69, 9.17) is 0 Å². The quantitative estimate of drug-likeness (QED) is 0.859. The third-order valence-corrected chi connectivity index (χ3v) is 6.04. The molecule has 1 amide bonds. The molecule has 126 valence electrons. The molecule has 1 aliphatic carbocycles. The van der Waals surface area contributed by atoms with Gasteiger partial charge in [-0.2, -0.15) is 0 Å². The largest absolute Gasteiger partial charge is 0.346 e. The highest BCUT2D eigenvalue weighted by molar-refractivity contribution is 7.13. The number of carbonyl (C=O) groups excluding carboxylic acids is 1. The average Bonchev–Trinajstić information content (AvgIpc) is 3.35. The Kier molecular flexibility index (Phi) is 4.27. The molecule has 5 heteroatoms. The fraction of sp³-hybridized carbons (Fsp3) is 0.474. The van der Waals surface area contributed by atoms with E-state index in [9.17, 15) is 4.79 Å². The Balaban J connectivity index is 1.37. The Morgan fingerprint density at radius 1 is 1.17 bits per heavy atom. The van der Waals surface area contributed by atoms with E-state index < -0.39 is 0 Å². The molecular weight excluding hydrogens is 318 g/mol. The van der Waals surface area contributed by atoms with E-state index in [-0.39, 0.29) is 5.92 Å². The molecule has 0 spiro atoms. The molecule has 1 saturated heterocycles. The minimum atomic E-state index is 0.195. The Labute approximate surface area is 147 Å². The standard InChI is InChI=1S/C19H23N3OS/c1-14-13-24-19(20-14)22-9-5-8-21(10-11-22)18(23)17-12-16(17)15-6-3-2-4-7-15/h2-4,6-7,13,16-17H,5,8-12H2,1H3/t16-,17-/m1/s1. The molecule has 0 unspecified atom stereocenters. The summed E-state index contributed by atoms with van der Waals surface area (Å²) in [5.74, 6) is 0.974. The van der Waals surface area contributed by atoms with Crippen molar-refractivity contribution in [3.05, 3.63) is 47.0 Å². The topological polar surface area (TPSA) is 36.4 Å². The molecule has 4 rings (SSSR count). The second-order valence-corrected chi connectivity index (χ2v) is 7.63. The van der Waals surface area contributed by atoms with E-state index in [0.717, 1.165) is 49.8 Å². The van der Waals surface area contributed by atoms with Crippen molar-refractivity contribution in [1.29, 1.82) is 0 Å². The highest BCUT2D eigenvalue weighted by atomic mass is 32.1. The number of aromatic nitrogens is 1. The number of anilines is 1. The summed E-state index contributed by atoms with van der Waals surface area (Å²) < 4.78 is 0. The maximum atomic E-state index is 12.8. The molecule has 1 aromatic carbocycles. The van der Waals surface area contributed by atoms with Crippen LogP contribution in [0.25, 0.3) is 0 Å². The molecular formula is C19H23N3OS. The molecule has 2 aromatic rings. The summed E-state index contributed by atoms with van der Waals surface area (Å²) in [5.41, 5.74) is 2.39. The summed E-state index contributed by atoms with van der Waals surface area (Å²) in [6, 6.07) is 10.5. The molecule has 4 nitrogen and oxygen atoms in total. The summed E-state index contributed by atoms with van der Waals surface area (Å²) in [6.07, 6.45) is 2.03. The van der Waals surface area contributed by atoms with E-state index >= 15 is 0 Å². The molecule has 1 aliphatic heterocycles. The van der Waals surface area contributed by atoms with Gasteiger partial charge in [0.15, 0.2) is 5.13 Å². The molecule has 0 bridgehead atoms. The first-order chi connectivity index (χ1) is 11.7. The van der Waals surface area contributed by atoms with Crippen LogP contribution in [0, 0.1) is 12.8 Å². The van der Waals surface area contributed by atoms with Crippen molar-refractivity contribution < 1.29 is 4.79 Å². The maximum Gasteiger partial charge on any atom is 0.226 e. The fourth-order valence-electron chi connectivity index (χ4n) is 3.59. The minimum absolute atomic E-state index is 0.195. The second-order valence-electron chi connectivity index (χ2n) is 6.80. The number of carbonyl (C=O) groups is 1. The molecule has 24 heavy (non-hydrogen) atoms. The normalized spacial score (nSPS) is 23.9. The molecule has 2 atom stereocenters. The van der Waals surface area contributed by atoms with Crippen molar-refractivity contribution in [2.24, 2.45) is 5.92 Å². The van der Waals surface area contributed by atoms with Crippen LogP contribution in [0.1, 0.15) is 30.0 Å². The van der Waals surface area contributed by atoms with Gasteiger partial charge in [0.1, 0.15) is 0 Å². The minimum Gasteiger partial charge on any atom is -0.346 e. The summed E-state index contributed by atoms with van der Waals surface area (Å²) in [4.78, 5) is 21.8. The Hall–Kier alpha value is -1.88. The lowest BCUT2D eigenvalue weighted by Crippen LogP contribution is -2.36. The van der Waals surface area contributed by atoms with Gasteiger partial charge >= 0.3 is 0 Å². The van der Waals surface area contributed by atoms with Gasteiger partial charge in [0.05, 0.1) is 5.69 Å². The van der Waals surface area contributed by atoms with Crippen molar-refractivity contribution in [1.82, 2.24) is 9.88 Å². The smallest absolute Gasteiger partial charge is 0.226 e. The first-order valence-electron chi connectivity index (χ1n) is 8.73. The molecule has 0 radical (unpaired) electrons. The van der Waals surface area contributed by atoms with Gasteiger partial charge in [0.25, 0.3) is 0 Å². The van der Waals surface area contributed by atoms with Crippen molar-refractivity contribution in [2.75, 3.05) is 31.1 Å². The van der Waals surface area contributed by atoms with Gasteiger partial charge in [0.2, 0.25) is 5.91 Å². The van der Waals surface area contributed by atoms with Crippen LogP contribution in [0.3, 0.4) is 0 Å². The van der Waals surface area contributed by atoms with Gasteiger partial charge in [0, 0.05) is 37.5 Å². The molecule has 2 aliphatic rings. The van der Waals surface area contributed by atoms with E-state index in [1.165, 1.54) is 5.56 Å². The maximum absolute atomic E-state index is 12.8. The number of hydrogen-bond donors (Lipinski definition) is 0. The van der Waals surface area contributed by atoms with E-state index in [1.807, 2.05) is 13.0 Å². The second kappa shape index (κ2) is 6.55. The van der Waals surface area contributed by atoms with Crippen LogP contribution in [0.15, 0.2) is 35.7 Å². The predicted molar refractivity (Wildman–Crippen MR) is 97.6 cm³/mol. The van der Waals surface area contributed by atoms with E-state index in [0.29, 0.717) is 11.8 Å². The molecule has 1 saturated carbocycles. The number of benzene rings is 1. The zero-order valence-electron chi connectivity index (χ0n) is 14.0. The molecule has 2 fully saturated rings. The van der Waals surface area contributed by atoms with Crippen molar-refractivity contribution in [3.63, 3.8) is 0 Å². The average molecular weight is 341 g/mol. The zero-order chi connectivity index (χ0) is 16.5. The Morgan fingerprint density at radius 2 is 2.00 bits per heavy atom. The highest BCUT2D eigenvalue weighted by Gasteiger charge is 2.45. The van der Waals surface area contributed by atoms with E-state index in [1.54, 1.807) is 11.3 Å². The van der Waals surface area contributed by atoms with Crippen LogP contribution in [0.5, 0.6) is 0 Å². The Bertz CT molecular complexity index is 714. The zero-order valence-corrected chi connectivity index (χ0v) is 14.8. The first-order valence-corrected chi connectivity index (χ1v) is 9.61. The number of aryl methyl sites for hydroxylation is 1. The lowest BCUT2D eigenvalue weighted by atomic mass is 10.1. The van der Waals surface area contributed by atoms with E-state index in [2.05, 4.69) is 44.4 Å². The number of amides is 1. The summed E-state index contributed by atoms with van der Waals surface area (Å²) in [6.45, 7) is 5.60. The van der Waals surface area contributed by atoms with Gasteiger partial charge in [-0.3, -0.25) is 4.79 Å². The van der Waals surface area contributed by atoms with Crippen LogP contribution in [-0.2, 0) is 4.79 Å². The Morgan fingerprint density at radius 3 is 2.75 bits per heavy atom. The third kappa shape index (κ3) is 3.18. The van der Waals surface area contributed by atoms with Gasteiger partial charge in [-0.1, -0.05) is 30.3 Å². The summed E-state index contributed by atoms with van der Waals surface area (Å²) in [5, 5.41) is 3.19.